The average molecular weight is 523 g/mol. The minimum atomic E-state index is -0.523. The van der Waals surface area contributed by atoms with Crippen molar-refractivity contribution in [1.82, 2.24) is 5.32 Å². The summed E-state index contributed by atoms with van der Waals surface area (Å²) in [6, 6.07) is 25.0. The van der Waals surface area contributed by atoms with Gasteiger partial charge in [0.25, 0.3) is 11.8 Å². The maximum Gasteiger partial charge on any atom is 0.259 e. The third-order valence-corrected chi connectivity index (χ3v) is 6.51. The monoisotopic (exact) mass is 522 g/mol. The van der Waals surface area contributed by atoms with Gasteiger partial charge < -0.3 is 15.7 Å². The molecule has 5 aromatic rings. The molecule has 5 rings (SSSR count). The zero-order valence-electron chi connectivity index (χ0n) is 20.6. The van der Waals surface area contributed by atoms with Crippen LogP contribution in [0.1, 0.15) is 26.3 Å². The fraction of sp³-hybridized carbons (Fsp3) is 0.0667. The maximum atomic E-state index is 13.5. The van der Waals surface area contributed by atoms with Gasteiger partial charge in [-0.05, 0) is 65.7 Å². The number of carbonyl (C=O) groups is 2. The van der Waals surface area contributed by atoms with Gasteiger partial charge in [-0.15, -0.1) is 5.11 Å². The Morgan fingerprint density at radius 1 is 0.816 bits per heavy atom. The number of benzene rings is 5. The summed E-state index contributed by atoms with van der Waals surface area (Å²) in [6.07, 6.45) is 0. The van der Waals surface area contributed by atoms with Crippen molar-refractivity contribution in [2.24, 2.45) is 10.2 Å². The zero-order chi connectivity index (χ0) is 26.8. The molecule has 0 saturated carbocycles. The van der Waals surface area contributed by atoms with Crippen LogP contribution in [-0.2, 0) is 0 Å². The fourth-order valence-corrected chi connectivity index (χ4v) is 4.52. The van der Waals surface area contributed by atoms with Gasteiger partial charge in [0.2, 0.25) is 0 Å². The van der Waals surface area contributed by atoms with E-state index < -0.39 is 5.91 Å². The van der Waals surface area contributed by atoms with Gasteiger partial charge in [-0.2, -0.15) is 5.11 Å². The van der Waals surface area contributed by atoms with E-state index in [1.807, 2.05) is 43.3 Å². The van der Waals surface area contributed by atoms with Gasteiger partial charge in [-0.1, -0.05) is 54.1 Å². The van der Waals surface area contributed by atoms with Crippen LogP contribution in [0, 0.1) is 6.92 Å². The number of phenolic OH excluding ortho intramolecular Hbond substituents is 1. The van der Waals surface area contributed by atoms with E-state index in [-0.39, 0.29) is 22.9 Å². The summed E-state index contributed by atoms with van der Waals surface area (Å²) in [4.78, 5) is 25.8. The molecule has 3 N–H and O–H groups in total. The molecule has 0 atom stereocenters. The molecule has 0 aliphatic heterocycles. The van der Waals surface area contributed by atoms with Gasteiger partial charge in [0, 0.05) is 34.1 Å². The van der Waals surface area contributed by atoms with Crippen LogP contribution in [-0.4, -0.2) is 24.0 Å². The molecule has 0 fully saturated rings. The van der Waals surface area contributed by atoms with Gasteiger partial charge >= 0.3 is 0 Å². The minimum absolute atomic E-state index is 0.00117. The number of azo groups is 1. The largest absolute Gasteiger partial charge is 0.505 e. The molecule has 0 radical (unpaired) electrons. The average Bonchev–Trinajstić information content (AvgIpc) is 2.92. The number of aromatic hydroxyl groups is 1. The molecule has 5 aromatic carbocycles. The Morgan fingerprint density at radius 3 is 2.39 bits per heavy atom. The molecular formula is C30H23ClN4O3. The molecule has 0 unspecified atom stereocenters. The highest BCUT2D eigenvalue weighted by Gasteiger charge is 2.20. The highest BCUT2D eigenvalue weighted by molar-refractivity contribution is 6.30. The summed E-state index contributed by atoms with van der Waals surface area (Å²) < 4.78 is 0. The molecule has 0 bridgehead atoms. The number of anilines is 1. The highest BCUT2D eigenvalue weighted by Crippen LogP contribution is 2.40. The van der Waals surface area contributed by atoms with Gasteiger partial charge in [0.05, 0.1) is 11.3 Å². The molecule has 0 saturated heterocycles. The number of fused-ring (bicyclic) bond motifs is 2. The number of aryl methyl sites for hydroxylation is 1. The first-order valence-electron chi connectivity index (χ1n) is 11.8. The van der Waals surface area contributed by atoms with Crippen molar-refractivity contribution in [3.63, 3.8) is 0 Å². The summed E-state index contributed by atoms with van der Waals surface area (Å²) >= 11 is 6.06. The Hall–Kier alpha value is -4.75. The number of hydrogen-bond acceptors (Lipinski definition) is 5. The second kappa shape index (κ2) is 10.3. The smallest absolute Gasteiger partial charge is 0.259 e. The van der Waals surface area contributed by atoms with Crippen LogP contribution < -0.4 is 10.6 Å². The fourth-order valence-electron chi connectivity index (χ4n) is 4.30. The lowest BCUT2D eigenvalue weighted by molar-refractivity contribution is 0.0962. The number of nitrogens with one attached hydrogen (secondary N) is 2. The van der Waals surface area contributed by atoms with Crippen molar-refractivity contribution in [2.75, 3.05) is 12.4 Å². The summed E-state index contributed by atoms with van der Waals surface area (Å²) in [5, 5.41) is 28.9. The lowest BCUT2D eigenvalue weighted by Crippen LogP contribution is -2.17. The molecule has 8 heteroatoms. The van der Waals surface area contributed by atoms with E-state index in [0.29, 0.717) is 32.7 Å². The minimum Gasteiger partial charge on any atom is -0.505 e. The number of hydrogen-bond donors (Lipinski definition) is 3. The van der Waals surface area contributed by atoms with Crippen molar-refractivity contribution in [2.45, 2.75) is 6.92 Å². The van der Waals surface area contributed by atoms with Gasteiger partial charge in [0.15, 0.2) is 5.75 Å². The molecule has 188 valence electrons. The quantitative estimate of drug-likeness (QED) is 0.206. The summed E-state index contributed by atoms with van der Waals surface area (Å²) in [6.45, 7) is 1.85. The maximum absolute atomic E-state index is 13.5. The molecule has 7 nitrogen and oxygen atoms in total. The second-order valence-electron chi connectivity index (χ2n) is 8.75. The van der Waals surface area contributed by atoms with Crippen molar-refractivity contribution in [3.05, 3.63) is 107 Å². The molecule has 0 aliphatic carbocycles. The van der Waals surface area contributed by atoms with Crippen molar-refractivity contribution in [1.29, 1.82) is 0 Å². The first kappa shape index (κ1) is 24.9. The number of amides is 2. The first-order chi connectivity index (χ1) is 18.4. The van der Waals surface area contributed by atoms with E-state index in [2.05, 4.69) is 20.9 Å². The highest BCUT2D eigenvalue weighted by atomic mass is 35.5. The summed E-state index contributed by atoms with van der Waals surface area (Å²) in [5.74, 6) is -1.12. The van der Waals surface area contributed by atoms with E-state index in [1.165, 1.54) is 0 Å². The third-order valence-electron chi connectivity index (χ3n) is 6.27. The van der Waals surface area contributed by atoms with Gasteiger partial charge in [-0.25, -0.2) is 0 Å². The molecule has 0 aromatic heterocycles. The van der Waals surface area contributed by atoms with Gasteiger partial charge in [0.1, 0.15) is 5.69 Å². The standard InChI is InChI=1S/C30H23ClN4O3/c1-17-14-21(31)11-13-25(17)34-35-27-23-12-10-19(29(37)32-2)15-20(23)16-24(28(27)36)30(38)33-26-9-5-7-18-6-3-4-8-22(18)26/h3-16,36H,1-2H3,(H,32,37)(H,33,38). The predicted octanol–water partition coefficient (Wildman–Crippen LogP) is 7.69. The molecule has 2 amide bonds. The third kappa shape index (κ3) is 4.79. The Labute approximate surface area is 223 Å². The van der Waals surface area contributed by atoms with Crippen LogP contribution in [0.2, 0.25) is 5.02 Å². The van der Waals surface area contributed by atoms with E-state index in [1.54, 1.807) is 55.6 Å². The number of rotatable bonds is 5. The van der Waals surface area contributed by atoms with Crippen molar-refractivity contribution in [3.8, 4) is 5.75 Å². The molecular weight excluding hydrogens is 500 g/mol. The van der Waals surface area contributed by atoms with Crippen LogP contribution in [0.4, 0.5) is 17.1 Å². The van der Waals surface area contributed by atoms with Crippen LogP contribution in [0.5, 0.6) is 5.75 Å². The normalized spacial score (nSPS) is 11.2. The Bertz CT molecular complexity index is 1760. The number of nitrogens with zero attached hydrogens (tertiary/aromatic N) is 2. The van der Waals surface area contributed by atoms with Crippen LogP contribution in [0.3, 0.4) is 0 Å². The molecule has 0 heterocycles. The Kier molecular flexibility index (Phi) is 6.77. The van der Waals surface area contributed by atoms with Crippen molar-refractivity contribution < 1.29 is 14.7 Å². The van der Waals surface area contributed by atoms with E-state index in [9.17, 15) is 14.7 Å². The van der Waals surface area contributed by atoms with Crippen molar-refractivity contribution >= 4 is 62.0 Å². The summed E-state index contributed by atoms with van der Waals surface area (Å²) in [7, 11) is 1.54. The molecule has 0 spiro atoms. The summed E-state index contributed by atoms with van der Waals surface area (Å²) in [5.41, 5.74) is 2.49. The van der Waals surface area contributed by atoms with Crippen LogP contribution >= 0.6 is 11.6 Å². The lowest BCUT2D eigenvalue weighted by atomic mass is 10.00. The first-order valence-corrected chi connectivity index (χ1v) is 12.2. The zero-order valence-corrected chi connectivity index (χ0v) is 21.4. The van der Waals surface area contributed by atoms with Crippen LogP contribution in [0.25, 0.3) is 21.5 Å². The van der Waals surface area contributed by atoms with E-state index in [4.69, 9.17) is 11.6 Å². The van der Waals surface area contributed by atoms with Gasteiger partial charge in [-0.3, -0.25) is 9.59 Å². The SMILES string of the molecule is CNC(=O)c1ccc2c(N=Nc3ccc(Cl)cc3C)c(O)c(C(=O)Nc3cccc4ccccc34)cc2c1. The molecule has 38 heavy (non-hydrogen) atoms. The number of halogens is 1. The van der Waals surface area contributed by atoms with E-state index >= 15 is 0 Å². The Morgan fingerprint density at radius 2 is 1.61 bits per heavy atom. The number of phenols is 1. The predicted molar refractivity (Wildman–Crippen MR) is 151 cm³/mol. The van der Waals surface area contributed by atoms with Crippen LogP contribution in [0.15, 0.2) is 95.2 Å². The number of carbonyl (C=O) groups excluding carboxylic acids is 2. The molecule has 0 aliphatic rings. The van der Waals surface area contributed by atoms with E-state index in [0.717, 1.165) is 16.3 Å². The second-order valence-corrected chi connectivity index (χ2v) is 9.18. The topological polar surface area (TPSA) is 103 Å². The lowest BCUT2D eigenvalue weighted by Gasteiger charge is -2.13. The Balaban J connectivity index is 1.64.